The Labute approximate surface area is 149 Å². The summed E-state index contributed by atoms with van der Waals surface area (Å²) in [5.41, 5.74) is 0.138. The number of hydrogen-bond donors (Lipinski definition) is 1. The average Bonchev–Trinajstić information content (AvgIpc) is 2.58. The fourth-order valence-electron chi connectivity index (χ4n) is 1.93. The number of carbonyl (C=O) groups excluding carboxylic acids is 1. The van der Waals surface area contributed by atoms with Gasteiger partial charge in [0.05, 0.1) is 22.2 Å². The van der Waals surface area contributed by atoms with E-state index >= 15 is 0 Å². The smallest absolute Gasteiger partial charge is 0.338 e. The molecule has 24 heavy (non-hydrogen) atoms. The first-order chi connectivity index (χ1) is 11.5. The van der Waals surface area contributed by atoms with Crippen LogP contribution in [-0.2, 0) is 9.47 Å². The van der Waals surface area contributed by atoms with Crippen molar-refractivity contribution in [3.8, 4) is 11.5 Å². The lowest BCUT2D eigenvalue weighted by atomic mass is 10.2. The molecule has 0 aromatic heterocycles. The van der Waals surface area contributed by atoms with Gasteiger partial charge in [-0.2, -0.15) is 0 Å². The van der Waals surface area contributed by atoms with Crippen LogP contribution < -0.4 is 4.74 Å². The maximum Gasteiger partial charge on any atom is 0.338 e. The molecule has 1 atom stereocenters. The molecule has 0 heterocycles. The van der Waals surface area contributed by atoms with Gasteiger partial charge in [0.25, 0.3) is 0 Å². The number of halogens is 2. The summed E-state index contributed by atoms with van der Waals surface area (Å²) >= 11 is 11.6. The van der Waals surface area contributed by atoms with E-state index in [2.05, 4.69) is 0 Å². The number of methoxy groups -OCH3 is 1. The summed E-state index contributed by atoms with van der Waals surface area (Å²) in [4.78, 5) is 12.1. The van der Waals surface area contributed by atoms with Crippen molar-refractivity contribution in [2.45, 2.75) is 6.10 Å². The molecule has 0 aliphatic heterocycles. The van der Waals surface area contributed by atoms with Crippen molar-refractivity contribution in [2.24, 2.45) is 0 Å². The van der Waals surface area contributed by atoms with Crippen LogP contribution in [0.5, 0.6) is 11.5 Å². The molecule has 7 heteroatoms. The molecule has 2 aromatic carbocycles. The van der Waals surface area contributed by atoms with Gasteiger partial charge in [0.1, 0.15) is 12.4 Å². The summed E-state index contributed by atoms with van der Waals surface area (Å²) in [5, 5.41) is 9.46. The molecule has 0 aliphatic rings. The van der Waals surface area contributed by atoms with Crippen LogP contribution in [0.25, 0.3) is 0 Å². The molecule has 1 unspecified atom stereocenters. The number of aromatic hydroxyl groups is 1. The topological polar surface area (TPSA) is 65.0 Å². The van der Waals surface area contributed by atoms with E-state index in [0.29, 0.717) is 5.75 Å². The minimum atomic E-state index is -0.628. The van der Waals surface area contributed by atoms with Crippen LogP contribution in [0.4, 0.5) is 0 Å². The number of rotatable bonds is 7. The molecular weight excluding hydrogens is 355 g/mol. The summed E-state index contributed by atoms with van der Waals surface area (Å²) in [7, 11) is 1.53. The zero-order chi connectivity index (χ0) is 17.5. The van der Waals surface area contributed by atoms with Crippen LogP contribution in [0.1, 0.15) is 10.4 Å². The van der Waals surface area contributed by atoms with Crippen molar-refractivity contribution in [1.82, 2.24) is 0 Å². The highest BCUT2D eigenvalue weighted by atomic mass is 35.5. The molecule has 2 rings (SSSR count). The van der Waals surface area contributed by atoms with Gasteiger partial charge in [-0.1, -0.05) is 41.4 Å². The summed E-state index contributed by atoms with van der Waals surface area (Å²) in [5.74, 6) is -0.262. The highest BCUT2D eigenvalue weighted by Gasteiger charge is 2.17. The van der Waals surface area contributed by atoms with Gasteiger partial charge in [0, 0.05) is 7.11 Å². The molecule has 0 aliphatic carbocycles. The Hall–Kier alpha value is -1.95. The largest absolute Gasteiger partial charge is 0.505 e. The minimum absolute atomic E-state index is 0.0162. The first-order valence-corrected chi connectivity index (χ1v) is 7.82. The molecule has 0 saturated carbocycles. The number of carbonyl (C=O) groups is 1. The standard InChI is InChI=1S/C17H16Cl2O5/c1-22-9-13(24-12-5-3-2-4-6-12)10-23-17(21)11-7-14(18)16(20)15(19)8-11/h2-8,13,20H,9-10H2,1H3. The van der Waals surface area contributed by atoms with E-state index in [9.17, 15) is 9.90 Å². The molecule has 128 valence electrons. The molecular formula is C17H16Cl2O5. The lowest BCUT2D eigenvalue weighted by molar-refractivity contribution is 0.00982. The van der Waals surface area contributed by atoms with Gasteiger partial charge in [-0.05, 0) is 24.3 Å². The maximum absolute atomic E-state index is 12.1. The van der Waals surface area contributed by atoms with Crippen LogP contribution in [0.15, 0.2) is 42.5 Å². The number of esters is 1. The number of hydrogen-bond acceptors (Lipinski definition) is 5. The minimum Gasteiger partial charge on any atom is -0.505 e. The predicted octanol–water partition coefficient (Wildman–Crippen LogP) is 3.95. The molecule has 0 bridgehead atoms. The Morgan fingerprint density at radius 3 is 2.33 bits per heavy atom. The maximum atomic E-state index is 12.1. The zero-order valence-electron chi connectivity index (χ0n) is 12.9. The van der Waals surface area contributed by atoms with Crippen LogP contribution >= 0.6 is 23.2 Å². The van der Waals surface area contributed by atoms with Gasteiger partial charge < -0.3 is 19.3 Å². The van der Waals surface area contributed by atoms with E-state index in [1.165, 1.54) is 19.2 Å². The third-order valence-corrected chi connectivity index (χ3v) is 3.63. The van der Waals surface area contributed by atoms with Gasteiger partial charge in [-0.3, -0.25) is 0 Å². The van der Waals surface area contributed by atoms with Gasteiger partial charge in [-0.25, -0.2) is 4.79 Å². The van der Waals surface area contributed by atoms with Crippen molar-refractivity contribution in [3.63, 3.8) is 0 Å². The summed E-state index contributed by atoms with van der Waals surface area (Å²) in [6.45, 7) is 0.233. The second-order valence-electron chi connectivity index (χ2n) is 4.90. The SMILES string of the molecule is COCC(COC(=O)c1cc(Cl)c(O)c(Cl)c1)Oc1ccccc1. The van der Waals surface area contributed by atoms with Gasteiger partial charge >= 0.3 is 5.97 Å². The normalized spacial score (nSPS) is 11.8. The fraction of sp³-hybridized carbons (Fsp3) is 0.235. The van der Waals surface area contributed by atoms with Gasteiger partial charge in [0.2, 0.25) is 0 Å². The zero-order valence-corrected chi connectivity index (χ0v) is 14.4. The predicted molar refractivity (Wildman–Crippen MR) is 91.1 cm³/mol. The molecule has 0 radical (unpaired) electrons. The molecule has 5 nitrogen and oxygen atoms in total. The Balaban J connectivity index is 1.99. The van der Waals surface area contributed by atoms with E-state index in [-0.39, 0.29) is 34.6 Å². The number of benzene rings is 2. The Morgan fingerprint density at radius 1 is 1.12 bits per heavy atom. The first kappa shape index (κ1) is 18.4. The lowest BCUT2D eigenvalue weighted by Crippen LogP contribution is -2.29. The van der Waals surface area contributed by atoms with E-state index in [4.69, 9.17) is 37.4 Å². The lowest BCUT2D eigenvalue weighted by Gasteiger charge is -2.18. The highest BCUT2D eigenvalue weighted by molar-refractivity contribution is 6.37. The molecule has 0 saturated heterocycles. The van der Waals surface area contributed by atoms with Crippen LogP contribution in [-0.4, -0.2) is 37.5 Å². The van der Waals surface area contributed by atoms with E-state index in [1.54, 1.807) is 12.1 Å². The van der Waals surface area contributed by atoms with Crippen molar-refractivity contribution < 1.29 is 24.1 Å². The molecule has 0 amide bonds. The number of phenolic OH excluding ortho intramolecular Hbond substituents is 1. The van der Waals surface area contributed by atoms with Crippen molar-refractivity contribution >= 4 is 29.2 Å². The Bertz CT molecular complexity index is 668. The molecule has 1 N–H and O–H groups in total. The third kappa shape index (κ3) is 5.03. The number of para-hydroxylation sites is 1. The van der Waals surface area contributed by atoms with Crippen molar-refractivity contribution in [2.75, 3.05) is 20.3 Å². The van der Waals surface area contributed by atoms with E-state index in [0.717, 1.165) is 0 Å². The third-order valence-electron chi connectivity index (χ3n) is 3.05. The van der Waals surface area contributed by atoms with Gasteiger partial charge in [-0.15, -0.1) is 0 Å². The van der Waals surface area contributed by atoms with Crippen molar-refractivity contribution in [3.05, 3.63) is 58.1 Å². The number of phenols is 1. The second kappa shape index (κ2) is 8.78. The second-order valence-corrected chi connectivity index (χ2v) is 5.71. The fourth-order valence-corrected chi connectivity index (χ4v) is 2.42. The van der Waals surface area contributed by atoms with E-state index < -0.39 is 12.1 Å². The quantitative estimate of drug-likeness (QED) is 0.747. The molecule has 0 fully saturated rings. The first-order valence-electron chi connectivity index (χ1n) is 7.07. The van der Waals surface area contributed by atoms with Gasteiger partial charge in [0.15, 0.2) is 11.9 Å². The van der Waals surface area contributed by atoms with Crippen LogP contribution in [0, 0.1) is 0 Å². The average molecular weight is 371 g/mol. The summed E-state index contributed by atoms with van der Waals surface area (Å²) in [6, 6.07) is 11.7. The Morgan fingerprint density at radius 2 is 1.75 bits per heavy atom. The van der Waals surface area contributed by atoms with E-state index in [1.807, 2.05) is 18.2 Å². The van der Waals surface area contributed by atoms with Crippen LogP contribution in [0.3, 0.4) is 0 Å². The molecule has 2 aromatic rings. The molecule has 0 spiro atoms. The summed E-state index contributed by atoms with van der Waals surface area (Å²) in [6.07, 6.45) is -0.468. The monoisotopic (exact) mass is 370 g/mol. The highest BCUT2D eigenvalue weighted by Crippen LogP contribution is 2.32. The van der Waals surface area contributed by atoms with Crippen molar-refractivity contribution in [1.29, 1.82) is 0 Å². The Kier molecular flexibility index (Phi) is 6.73. The van der Waals surface area contributed by atoms with Crippen LogP contribution in [0.2, 0.25) is 10.0 Å². The summed E-state index contributed by atoms with van der Waals surface area (Å²) < 4.78 is 16.0. The number of ether oxygens (including phenoxy) is 3.